The molecule has 3 aromatic carbocycles. The third kappa shape index (κ3) is 3.99. The lowest BCUT2D eigenvalue weighted by molar-refractivity contribution is 0.305. The summed E-state index contributed by atoms with van der Waals surface area (Å²) in [6.07, 6.45) is 1.01. The minimum absolute atomic E-state index is 0.186. The summed E-state index contributed by atoms with van der Waals surface area (Å²) in [6.45, 7) is 3.66. The van der Waals surface area contributed by atoms with E-state index in [0.717, 1.165) is 24.5 Å². The van der Waals surface area contributed by atoms with E-state index in [1.807, 2.05) is 18.2 Å². The molecule has 0 bridgehead atoms. The van der Waals surface area contributed by atoms with E-state index in [9.17, 15) is 0 Å². The molecule has 1 atom stereocenters. The SMILES string of the molecule is COc1cc(C)cc(C2NCCc3cc(OCc4ccccc4)ccc32)c1. The number of hydrogen-bond acceptors (Lipinski definition) is 3. The van der Waals surface area contributed by atoms with Crippen LogP contribution in [0.5, 0.6) is 11.5 Å². The molecule has 0 radical (unpaired) electrons. The third-order valence-electron chi connectivity index (χ3n) is 5.06. The molecule has 138 valence electrons. The molecule has 1 aliphatic heterocycles. The maximum absolute atomic E-state index is 6.01. The molecule has 4 rings (SSSR count). The van der Waals surface area contributed by atoms with Gasteiger partial charge in [0.25, 0.3) is 0 Å². The summed E-state index contributed by atoms with van der Waals surface area (Å²) in [7, 11) is 1.72. The molecular weight excluding hydrogens is 334 g/mol. The van der Waals surface area contributed by atoms with Crippen LogP contribution >= 0.6 is 0 Å². The van der Waals surface area contributed by atoms with E-state index in [-0.39, 0.29) is 6.04 Å². The van der Waals surface area contributed by atoms with Gasteiger partial charge in [-0.3, -0.25) is 0 Å². The van der Waals surface area contributed by atoms with E-state index in [1.54, 1.807) is 7.11 Å². The second kappa shape index (κ2) is 7.85. The van der Waals surface area contributed by atoms with Crippen LogP contribution in [0.4, 0.5) is 0 Å². The van der Waals surface area contributed by atoms with Crippen LogP contribution in [-0.4, -0.2) is 13.7 Å². The molecule has 0 aromatic heterocycles. The van der Waals surface area contributed by atoms with Gasteiger partial charge in [-0.15, -0.1) is 0 Å². The Balaban J connectivity index is 1.57. The minimum Gasteiger partial charge on any atom is -0.497 e. The Bertz CT molecular complexity index is 921. The Kier molecular flexibility index (Phi) is 5.12. The topological polar surface area (TPSA) is 30.5 Å². The maximum Gasteiger partial charge on any atom is 0.120 e. The van der Waals surface area contributed by atoms with E-state index in [1.165, 1.54) is 27.8 Å². The lowest BCUT2D eigenvalue weighted by atomic mass is 9.89. The first-order valence-corrected chi connectivity index (χ1v) is 9.41. The highest BCUT2D eigenvalue weighted by Crippen LogP contribution is 2.33. The van der Waals surface area contributed by atoms with E-state index in [4.69, 9.17) is 9.47 Å². The fraction of sp³-hybridized carbons (Fsp3) is 0.250. The Hall–Kier alpha value is -2.78. The number of nitrogens with one attached hydrogen (secondary N) is 1. The van der Waals surface area contributed by atoms with Crippen molar-refractivity contribution in [1.29, 1.82) is 0 Å². The number of rotatable bonds is 5. The van der Waals surface area contributed by atoms with Crippen molar-refractivity contribution in [2.24, 2.45) is 0 Å². The highest BCUT2D eigenvalue weighted by atomic mass is 16.5. The van der Waals surface area contributed by atoms with Gasteiger partial charge < -0.3 is 14.8 Å². The summed E-state index contributed by atoms with van der Waals surface area (Å²) < 4.78 is 11.5. The predicted octanol–water partition coefficient (Wildman–Crippen LogP) is 4.82. The van der Waals surface area contributed by atoms with Gasteiger partial charge in [0, 0.05) is 6.54 Å². The highest BCUT2D eigenvalue weighted by molar-refractivity contribution is 5.46. The quantitative estimate of drug-likeness (QED) is 0.709. The smallest absolute Gasteiger partial charge is 0.120 e. The molecule has 0 saturated carbocycles. The van der Waals surface area contributed by atoms with Gasteiger partial charge in [0.05, 0.1) is 13.2 Å². The first-order chi connectivity index (χ1) is 13.2. The molecule has 0 saturated heterocycles. The summed E-state index contributed by atoms with van der Waals surface area (Å²) in [6, 6.07) is 23.3. The zero-order valence-electron chi connectivity index (χ0n) is 15.9. The summed E-state index contributed by atoms with van der Waals surface area (Å²) in [5.74, 6) is 1.84. The van der Waals surface area contributed by atoms with Crippen LogP contribution in [0.25, 0.3) is 0 Å². The van der Waals surface area contributed by atoms with Gasteiger partial charge in [0.2, 0.25) is 0 Å². The van der Waals surface area contributed by atoms with Crippen molar-refractivity contribution in [3.8, 4) is 11.5 Å². The van der Waals surface area contributed by atoms with Crippen molar-refractivity contribution in [3.63, 3.8) is 0 Å². The molecule has 1 unspecified atom stereocenters. The molecule has 1 heterocycles. The Morgan fingerprint density at radius 2 is 1.81 bits per heavy atom. The molecule has 0 fully saturated rings. The first-order valence-electron chi connectivity index (χ1n) is 9.41. The van der Waals surface area contributed by atoms with Crippen LogP contribution in [0.3, 0.4) is 0 Å². The summed E-state index contributed by atoms with van der Waals surface area (Å²) in [5.41, 5.74) is 6.30. The molecular formula is C24H25NO2. The van der Waals surface area contributed by atoms with Crippen molar-refractivity contribution in [1.82, 2.24) is 5.32 Å². The van der Waals surface area contributed by atoms with Crippen LogP contribution in [0.2, 0.25) is 0 Å². The molecule has 3 aromatic rings. The number of methoxy groups -OCH3 is 1. The van der Waals surface area contributed by atoms with Crippen molar-refractivity contribution in [2.75, 3.05) is 13.7 Å². The van der Waals surface area contributed by atoms with E-state index in [2.05, 4.69) is 60.8 Å². The van der Waals surface area contributed by atoms with E-state index in [0.29, 0.717) is 6.61 Å². The van der Waals surface area contributed by atoms with Gasteiger partial charge >= 0.3 is 0 Å². The van der Waals surface area contributed by atoms with Crippen LogP contribution in [0.15, 0.2) is 66.7 Å². The van der Waals surface area contributed by atoms with Crippen LogP contribution in [0, 0.1) is 6.92 Å². The zero-order chi connectivity index (χ0) is 18.6. The molecule has 0 aliphatic carbocycles. The largest absolute Gasteiger partial charge is 0.497 e. The maximum atomic E-state index is 6.01. The molecule has 27 heavy (non-hydrogen) atoms. The third-order valence-corrected chi connectivity index (χ3v) is 5.06. The van der Waals surface area contributed by atoms with E-state index >= 15 is 0 Å². The molecule has 3 nitrogen and oxygen atoms in total. The van der Waals surface area contributed by atoms with Gasteiger partial charge in [0.1, 0.15) is 18.1 Å². The predicted molar refractivity (Wildman–Crippen MR) is 108 cm³/mol. The molecule has 1 aliphatic rings. The standard InChI is InChI=1S/C24H25NO2/c1-17-12-20(15-22(13-17)26-2)24-23-9-8-21(14-19(23)10-11-25-24)27-16-18-6-4-3-5-7-18/h3-9,12-15,24-25H,10-11,16H2,1-2H3. The molecule has 3 heteroatoms. The van der Waals surface area contributed by atoms with Crippen LogP contribution in [-0.2, 0) is 13.0 Å². The minimum atomic E-state index is 0.186. The summed E-state index contributed by atoms with van der Waals surface area (Å²) in [5, 5.41) is 3.65. The van der Waals surface area contributed by atoms with E-state index < -0.39 is 0 Å². The van der Waals surface area contributed by atoms with Gasteiger partial charge in [0.15, 0.2) is 0 Å². The number of benzene rings is 3. The molecule has 1 N–H and O–H groups in total. The Morgan fingerprint density at radius 1 is 0.963 bits per heavy atom. The number of aryl methyl sites for hydroxylation is 1. The summed E-state index contributed by atoms with van der Waals surface area (Å²) in [4.78, 5) is 0. The van der Waals surface area contributed by atoms with Crippen molar-refractivity contribution in [3.05, 3.63) is 94.5 Å². The number of hydrogen-bond donors (Lipinski definition) is 1. The number of ether oxygens (including phenoxy) is 2. The second-order valence-corrected chi connectivity index (χ2v) is 7.06. The number of fused-ring (bicyclic) bond motifs is 1. The van der Waals surface area contributed by atoms with Crippen molar-refractivity contribution >= 4 is 0 Å². The zero-order valence-corrected chi connectivity index (χ0v) is 15.9. The van der Waals surface area contributed by atoms with Gasteiger partial charge in [-0.05, 0) is 65.4 Å². The van der Waals surface area contributed by atoms with Crippen LogP contribution in [0.1, 0.15) is 33.9 Å². The molecule has 0 amide bonds. The van der Waals surface area contributed by atoms with Crippen molar-refractivity contribution < 1.29 is 9.47 Å². The van der Waals surface area contributed by atoms with Gasteiger partial charge in [-0.25, -0.2) is 0 Å². The average molecular weight is 359 g/mol. The Labute approximate surface area is 161 Å². The van der Waals surface area contributed by atoms with Gasteiger partial charge in [-0.2, -0.15) is 0 Å². The average Bonchev–Trinajstić information content (AvgIpc) is 2.72. The lowest BCUT2D eigenvalue weighted by Crippen LogP contribution is -2.30. The second-order valence-electron chi connectivity index (χ2n) is 7.06. The Morgan fingerprint density at radius 3 is 2.63 bits per heavy atom. The van der Waals surface area contributed by atoms with Crippen LogP contribution < -0.4 is 14.8 Å². The normalized spacial score (nSPS) is 15.9. The fourth-order valence-corrected chi connectivity index (χ4v) is 3.73. The summed E-state index contributed by atoms with van der Waals surface area (Å²) >= 11 is 0. The monoisotopic (exact) mass is 359 g/mol. The van der Waals surface area contributed by atoms with Gasteiger partial charge in [-0.1, -0.05) is 42.5 Å². The lowest BCUT2D eigenvalue weighted by Gasteiger charge is -2.28. The fourth-order valence-electron chi connectivity index (χ4n) is 3.73. The first kappa shape index (κ1) is 17.6. The molecule has 0 spiro atoms. The highest BCUT2D eigenvalue weighted by Gasteiger charge is 2.22. The van der Waals surface area contributed by atoms with Crippen molar-refractivity contribution in [2.45, 2.75) is 26.0 Å².